The van der Waals surface area contributed by atoms with Crippen LogP contribution in [0.15, 0.2) is 42.7 Å². The maximum atomic E-state index is 13.1. The first-order valence-electron chi connectivity index (χ1n) is 9.18. The first kappa shape index (κ1) is 16.2. The maximum Gasteiger partial charge on any atom is 0.226 e. The van der Waals surface area contributed by atoms with Crippen molar-refractivity contribution in [3.8, 4) is 5.75 Å². The predicted molar refractivity (Wildman–Crippen MR) is 95.4 cm³/mol. The largest absolute Gasteiger partial charge is 0.497 e. The Morgan fingerprint density at radius 2 is 2.12 bits per heavy atom. The fourth-order valence-corrected chi connectivity index (χ4v) is 4.01. The number of nitrogens with zero attached hydrogens (tertiary/aromatic N) is 3. The van der Waals surface area contributed by atoms with Crippen LogP contribution in [0, 0.1) is 5.92 Å². The second-order valence-electron chi connectivity index (χ2n) is 7.13. The molecule has 3 atom stereocenters. The summed E-state index contributed by atoms with van der Waals surface area (Å²) < 4.78 is 7.17. The van der Waals surface area contributed by atoms with Crippen LogP contribution in [0.2, 0.25) is 0 Å². The van der Waals surface area contributed by atoms with E-state index in [4.69, 9.17) is 4.74 Å². The first-order valence-corrected chi connectivity index (χ1v) is 9.18. The highest BCUT2D eigenvalue weighted by molar-refractivity contribution is 5.83. The van der Waals surface area contributed by atoms with Gasteiger partial charge >= 0.3 is 0 Å². The Morgan fingerprint density at radius 3 is 2.84 bits per heavy atom. The number of hydrogen-bond donors (Lipinski definition) is 0. The molecule has 0 radical (unpaired) electrons. The monoisotopic (exact) mass is 339 g/mol. The van der Waals surface area contributed by atoms with Crippen LogP contribution in [-0.2, 0) is 11.3 Å². The van der Waals surface area contributed by atoms with Gasteiger partial charge in [-0.25, -0.2) is 0 Å². The molecule has 1 saturated heterocycles. The summed E-state index contributed by atoms with van der Waals surface area (Å²) in [6.07, 6.45) is 8.13. The molecule has 5 heteroatoms. The van der Waals surface area contributed by atoms with Crippen LogP contribution in [0.1, 0.15) is 37.2 Å². The van der Waals surface area contributed by atoms with Crippen LogP contribution in [0.25, 0.3) is 0 Å². The van der Waals surface area contributed by atoms with E-state index in [9.17, 15) is 4.79 Å². The molecule has 3 unspecified atom stereocenters. The Morgan fingerprint density at radius 1 is 1.28 bits per heavy atom. The average molecular weight is 339 g/mol. The molecule has 132 valence electrons. The Balaban J connectivity index is 1.42. The van der Waals surface area contributed by atoms with Crippen LogP contribution >= 0.6 is 0 Å². The van der Waals surface area contributed by atoms with Crippen LogP contribution in [0.5, 0.6) is 5.75 Å². The van der Waals surface area contributed by atoms with E-state index in [1.54, 1.807) is 13.3 Å². The minimum Gasteiger partial charge on any atom is -0.497 e. The Kier molecular flexibility index (Phi) is 4.47. The predicted octanol–water partition coefficient (Wildman–Crippen LogP) is 3.08. The molecule has 1 aliphatic carbocycles. The van der Waals surface area contributed by atoms with Crippen molar-refractivity contribution in [1.29, 1.82) is 0 Å². The molecule has 0 spiro atoms. The number of piperidine rings is 1. The summed E-state index contributed by atoms with van der Waals surface area (Å²) in [4.78, 5) is 15.2. The molecule has 5 nitrogen and oxygen atoms in total. The Labute approximate surface area is 148 Å². The summed E-state index contributed by atoms with van der Waals surface area (Å²) in [5.41, 5.74) is 1.25. The normalized spacial score (nSPS) is 25.6. The van der Waals surface area contributed by atoms with Crippen LogP contribution < -0.4 is 4.74 Å². The third-order valence-corrected chi connectivity index (χ3v) is 5.52. The average Bonchev–Trinajstić information content (AvgIpc) is 3.30. The molecular formula is C20H25N3O2. The number of methoxy groups -OCH3 is 1. The number of aromatic nitrogens is 2. The number of amides is 1. The molecule has 2 fully saturated rings. The molecule has 0 N–H and O–H groups in total. The number of benzene rings is 1. The van der Waals surface area contributed by atoms with E-state index in [1.807, 2.05) is 29.1 Å². The van der Waals surface area contributed by atoms with Gasteiger partial charge in [-0.2, -0.15) is 5.10 Å². The number of rotatable bonds is 5. The number of ether oxygens (including phenoxy) is 1. The van der Waals surface area contributed by atoms with E-state index in [0.717, 1.165) is 38.1 Å². The van der Waals surface area contributed by atoms with Crippen LogP contribution in [0.3, 0.4) is 0 Å². The highest BCUT2D eigenvalue weighted by atomic mass is 16.5. The van der Waals surface area contributed by atoms with E-state index in [-0.39, 0.29) is 12.0 Å². The Hall–Kier alpha value is -2.30. The van der Waals surface area contributed by atoms with E-state index in [1.165, 1.54) is 12.0 Å². The lowest BCUT2D eigenvalue weighted by Crippen LogP contribution is -2.46. The molecule has 0 bridgehead atoms. The number of likely N-dealkylation sites (tertiary alicyclic amines) is 1. The van der Waals surface area contributed by atoms with E-state index in [0.29, 0.717) is 11.8 Å². The van der Waals surface area contributed by atoms with Gasteiger partial charge in [-0.1, -0.05) is 12.1 Å². The lowest BCUT2D eigenvalue weighted by Gasteiger charge is -2.36. The summed E-state index contributed by atoms with van der Waals surface area (Å²) in [6, 6.07) is 10.4. The molecule has 2 aromatic rings. The Bertz CT molecular complexity index is 711. The number of carbonyl (C=O) groups is 1. The van der Waals surface area contributed by atoms with E-state index < -0.39 is 0 Å². The molecule has 1 aromatic heterocycles. The van der Waals surface area contributed by atoms with Gasteiger partial charge in [-0.05, 0) is 55.4 Å². The lowest BCUT2D eigenvalue weighted by atomic mass is 10.0. The molecule has 1 aliphatic heterocycles. The van der Waals surface area contributed by atoms with Crippen LogP contribution in [-0.4, -0.2) is 40.3 Å². The summed E-state index contributed by atoms with van der Waals surface area (Å²) in [5, 5.41) is 4.31. The van der Waals surface area contributed by atoms with E-state index in [2.05, 4.69) is 22.1 Å². The minimum atomic E-state index is 0.145. The van der Waals surface area contributed by atoms with Gasteiger partial charge in [0.2, 0.25) is 5.91 Å². The van der Waals surface area contributed by atoms with E-state index >= 15 is 0 Å². The smallest absolute Gasteiger partial charge is 0.226 e. The van der Waals surface area contributed by atoms with Crippen molar-refractivity contribution < 1.29 is 9.53 Å². The van der Waals surface area contributed by atoms with Crippen molar-refractivity contribution >= 4 is 5.91 Å². The second-order valence-corrected chi connectivity index (χ2v) is 7.13. The van der Waals surface area contributed by atoms with Gasteiger partial charge in [-0.3, -0.25) is 9.48 Å². The quantitative estimate of drug-likeness (QED) is 0.841. The molecule has 1 aromatic carbocycles. The van der Waals surface area contributed by atoms with Crippen molar-refractivity contribution in [2.75, 3.05) is 13.7 Å². The topological polar surface area (TPSA) is 47.4 Å². The summed E-state index contributed by atoms with van der Waals surface area (Å²) >= 11 is 0. The highest BCUT2D eigenvalue weighted by Gasteiger charge is 2.47. The van der Waals surface area contributed by atoms with Gasteiger partial charge in [0.1, 0.15) is 5.75 Å². The molecular weight excluding hydrogens is 314 g/mol. The van der Waals surface area contributed by atoms with Crippen molar-refractivity contribution in [1.82, 2.24) is 14.7 Å². The van der Waals surface area contributed by atoms with Crippen LogP contribution in [0.4, 0.5) is 0 Å². The van der Waals surface area contributed by atoms with Gasteiger partial charge < -0.3 is 9.64 Å². The first-order chi connectivity index (χ1) is 12.3. The zero-order chi connectivity index (χ0) is 17.2. The van der Waals surface area contributed by atoms with Gasteiger partial charge in [0.15, 0.2) is 0 Å². The third-order valence-electron chi connectivity index (χ3n) is 5.52. The SMILES string of the molecule is COc1ccc(C2CC2C(=O)N2CCCCC2Cn2cccn2)cc1. The summed E-state index contributed by atoms with van der Waals surface area (Å²) in [7, 11) is 1.68. The molecule has 1 saturated carbocycles. The molecule has 1 amide bonds. The molecule has 2 aliphatic rings. The second kappa shape index (κ2) is 6.90. The number of hydrogen-bond acceptors (Lipinski definition) is 3. The highest BCUT2D eigenvalue weighted by Crippen LogP contribution is 2.49. The zero-order valence-corrected chi connectivity index (χ0v) is 14.7. The summed E-state index contributed by atoms with van der Waals surface area (Å²) in [5.74, 6) is 1.71. The maximum absolute atomic E-state index is 13.1. The standard InChI is InChI=1S/C20H25N3O2/c1-25-17-8-6-15(7-9-17)18-13-19(18)20(24)23-12-3-2-5-16(23)14-22-11-4-10-21-22/h4,6-11,16,18-19H,2-3,5,12-14H2,1H3. The molecule has 25 heavy (non-hydrogen) atoms. The number of carbonyl (C=O) groups excluding carboxylic acids is 1. The molecule has 2 heterocycles. The van der Waals surface area contributed by atoms with Gasteiger partial charge in [0.25, 0.3) is 0 Å². The van der Waals surface area contributed by atoms with Crippen molar-refractivity contribution in [3.05, 3.63) is 48.3 Å². The minimum absolute atomic E-state index is 0.145. The third kappa shape index (κ3) is 3.41. The summed E-state index contributed by atoms with van der Waals surface area (Å²) in [6.45, 7) is 1.69. The van der Waals surface area contributed by atoms with Crippen molar-refractivity contribution in [2.24, 2.45) is 5.92 Å². The van der Waals surface area contributed by atoms with Gasteiger partial charge in [0.05, 0.1) is 19.7 Å². The van der Waals surface area contributed by atoms with Crippen molar-refractivity contribution in [3.63, 3.8) is 0 Å². The zero-order valence-electron chi connectivity index (χ0n) is 14.7. The molecule has 4 rings (SSSR count). The fraction of sp³-hybridized carbons (Fsp3) is 0.500. The van der Waals surface area contributed by atoms with Gasteiger partial charge in [0, 0.05) is 24.9 Å². The fourth-order valence-electron chi connectivity index (χ4n) is 4.01. The van der Waals surface area contributed by atoms with Gasteiger partial charge in [-0.15, -0.1) is 0 Å². The lowest BCUT2D eigenvalue weighted by molar-refractivity contribution is -0.136. The van der Waals surface area contributed by atoms with Crippen molar-refractivity contribution in [2.45, 2.75) is 44.2 Å².